The molecule has 1 aromatic rings. The van der Waals surface area contributed by atoms with Crippen molar-refractivity contribution in [2.75, 3.05) is 13.1 Å². The summed E-state index contributed by atoms with van der Waals surface area (Å²) < 4.78 is 10.8. The second kappa shape index (κ2) is 7.56. The monoisotopic (exact) mass is 350 g/mol. The highest BCUT2D eigenvalue weighted by molar-refractivity contribution is 5.76. The molecule has 2 atom stereocenters. The lowest BCUT2D eigenvalue weighted by atomic mass is 9.89. The Morgan fingerprint density at radius 2 is 1.92 bits per heavy atom. The van der Waals surface area contributed by atoms with E-state index in [-0.39, 0.29) is 12.0 Å². The van der Waals surface area contributed by atoms with E-state index in [2.05, 4.69) is 5.16 Å². The first-order valence-electron chi connectivity index (χ1n) is 9.03. The third-order valence-corrected chi connectivity index (χ3v) is 5.52. The number of likely N-dealkylation sites (tertiary alicyclic amines) is 1. The lowest BCUT2D eigenvalue weighted by molar-refractivity contribution is -0.151. The van der Waals surface area contributed by atoms with Crippen LogP contribution < -0.4 is 0 Å². The molecule has 1 aromatic heterocycles. The number of aromatic nitrogens is 1. The Balaban J connectivity index is 1.44. The third kappa shape index (κ3) is 4.03. The first kappa shape index (κ1) is 17.9. The van der Waals surface area contributed by atoms with Gasteiger partial charge in [0.1, 0.15) is 5.76 Å². The first-order valence-corrected chi connectivity index (χ1v) is 9.03. The minimum absolute atomic E-state index is 0.0284. The van der Waals surface area contributed by atoms with Crippen LogP contribution in [0.15, 0.2) is 4.52 Å². The van der Waals surface area contributed by atoms with E-state index in [1.54, 1.807) is 0 Å². The van der Waals surface area contributed by atoms with Gasteiger partial charge in [0.25, 0.3) is 0 Å². The first-order chi connectivity index (χ1) is 12.0. The van der Waals surface area contributed by atoms with Gasteiger partial charge < -0.3 is 19.3 Å². The SMILES string of the molecule is Cc1noc(C)c1CCC(=O)N1CCC([C@@H]2CC[C@H](C(=O)O)O2)CC1. The van der Waals surface area contributed by atoms with Crippen LogP contribution >= 0.6 is 0 Å². The zero-order valence-corrected chi connectivity index (χ0v) is 14.9. The van der Waals surface area contributed by atoms with Gasteiger partial charge >= 0.3 is 5.97 Å². The van der Waals surface area contributed by atoms with E-state index < -0.39 is 12.1 Å². The average molecular weight is 350 g/mol. The Morgan fingerprint density at radius 1 is 1.20 bits per heavy atom. The van der Waals surface area contributed by atoms with Crippen molar-refractivity contribution in [3.63, 3.8) is 0 Å². The van der Waals surface area contributed by atoms with E-state index >= 15 is 0 Å². The van der Waals surface area contributed by atoms with Gasteiger partial charge in [-0.3, -0.25) is 4.79 Å². The van der Waals surface area contributed by atoms with Crippen LogP contribution in [0, 0.1) is 19.8 Å². The molecule has 0 aliphatic carbocycles. The van der Waals surface area contributed by atoms with Crippen molar-refractivity contribution in [3.05, 3.63) is 17.0 Å². The molecular formula is C18H26N2O5. The van der Waals surface area contributed by atoms with E-state index in [4.69, 9.17) is 14.4 Å². The van der Waals surface area contributed by atoms with E-state index in [9.17, 15) is 9.59 Å². The smallest absolute Gasteiger partial charge is 0.332 e. The van der Waals surface area contributed by atoms with Crippen LogP contribution in [-0.2, 0) is 20.7 Å². The van der Waals surface area contributed by atoms with Crippen molar-refractivity contribution < 1.29 is 24.0 Å². The van der Waals surface area contributed by atoms with E-state index in [1.165, 1.54) is 0 Å². The highest BCUT2D eigenvalue weighted by Crippen LogP contribution is 2.32. The molecule has 2 fully saturated rings. The largest absolute Gasteiger partial charge is 0.479 e. The predicted molar refractivity (Wildman–Crippen MR) is 89.1 cm³/mol. The van der Waals surface area contributed by atoms with Crippen LogP contribution in [0.25, 0.3) is 0 Å². The maximum absolute atomic E-state index is 12.5. The molecule has 2 saturated heterocycles. The summed E-state index contributed by atoms with van der Waals surface area (Å²) in [7, 11) is 0. The molecule has 25 heavy (non-hydrogen) atoms. The molecule has 7 nitrogen and oxygen atoms in total. The zero-order valence-electron chi connectivity index (χ0n) is 14.9. The summed E-state index contributed by atoms with van der Waals surface area (Å²) in [6.45, 7) is 5.22. The predicted octanol–water partition coefficient (Wildman–Crippen LogP) is 2.09. The summed E-state index contributed by atoms with van der Waals surface area (Å²) in [5, 5.41) is 13.0. The molecule has 3 rings (SSSR count). The molecular weight excluding hydrogens is 324 g/mol. The lowest BCUT2D eigenvalue weighted by Crippen LogP contribution is -2.41. The molecule has 138 valence electrons. The molecule has 3 heterocycles. The summed E-state index contributed by atoms with van der Waals surface area (Å²) in [4.78, 5) is 25.4. The van der Waals surface area contributed by atoms with Gasteiger partial charge in [0.15, 0.2) is 6.10 Å². The fraction of sp³-hybridized carbons (Fsp3) is 0.722. The Labute approximate surface area is 147 Å². The van der Waals surface area contributed by atoms with Crippen LogP contribution in [-0.4, -0.2) is 52.3 Å². The molecule has 1 N–H and O–H groups in total. The van der Waals surface area contributed by atoms with Crippen molar-refractivity contribution >= 4 is 11.9 Å². The number of carboxylic acids is 1. The maximum atomic E-state index is 12.5. The summed E-state index contributed by atoms with van der Waals surface area (Å²) in [5.41, 5.74) is 1.89. The molecule has 0 unspecified atom stereocenters. The van der Waals surface area contributed by atoms with Gasteiger partial charge in [0.2, 0.25) is 5.91 Å². The number of carboxylic acid groups (broad SMARTS) is 1. The number of rotatable bonds is 5. The maximum Gasteiger partial charge on any atom is 0.332 e. The number of aryl methyl sites for hydroxylation is 2. The number of carbonyl (C=O) groups is 2. The van der Waals surface area contributed by atoms with Crippen LogP contribution in [0.1, 0.15) is 49.1 Å². The number of hydrogen-bond donors (Lipinski definition) is 1. The standard InChI is InChI=1S/C18H26N2O5/c1-11-14(12(2)25-19-11)3-6-17(21)20-9-7-13(8-10-20)15-4-5-16(24-15)18(22)23/h13,15-16H,3-10H2,1-2H3,(H,22,23)/t15-,16+/m0/s1. The van der Waals surface area contributed by atoms with Gasteiger partial charge in [0, 0.05) is 25.1 Å². The van der Waals surface area contributed by atoms with Gasteiger partial charge in [-0.1, -0.05) is 5.16 Å². The lowest BCUT2D eigenvalue weighted by Gasteiger charge is -2.34. The number of piperidine rings is 1. The Hall–Kier alpha value is -1.89. The molecule has 2 aliphatic heterocycles. The summed E-state index contributed by atoms with van der Waals surface area (Å²) in [5.74, 6) is 0.440. The van der Waals surface area contributed by atoms with Crippen LogP contribution in [0.3, 0.4) is 0 Å². The van der Waals surface area contributed by atoms with E-state index in [1.807, 2.05) is 18.7 Å². The topological polar surface area (TPSA) is 92.9 Å². The number of ether oxygens (including phenoxy) is 1. The Kier molecular flexibility index (Phi) is 5.42. The summed E-state index contributed by atoms with van der Waals surface area (Å²) >= 11 is 0. The van der Waals surface area contributed by atoms with Crippen molar-refractivity contribution in [1.82, 2.24) is 10.1 Å². The number of carbonyl (C=O) groups excluding carboxylic acids is 1. The summed E-state index contributed by atoms with van der Waals surface area (Å²) in [6, 6.07) is 0. The van der Waals surface area contributed by atoms with Gasteiger partial charge in [-0.2, -0.15) is 0 Å². The van der Waals surface area contributed by atoms with Gasteiger partial charge in [-0.15, -0.1) is 0 Å². The quantitative estimate of drug-likeness (QED) is 0.874. The number of amides is 1. The second-order valence-electron chi connectivity index (χ2n) is 7.10. The number of hydrogen-bond acceptors (Lipinski definition) is 5. The van der Waals surface area contributed by atoms with Crippen LogP contribution in [0.2, 0.25) is 0 Å². The van der Waals surface area contributed by atoms with Crippen molar-refractivity contribution in [2.24, 2.45) is 5.92 Å². The van der Waals surface area contributed by atoms with Crippen molar-refractivity contribution in [1.29, 1.82) is 0 Å². The van der Waals surface area contributed by atoms with Crippen molar-refractivity contribution in [2.45, 2.75) is 64.6 Å². The Bertz CT molecular complexity index is 614. The van der Waals surface area contributed by atoms with Crippen LogP contribution in [0.4, 0.5) is 0 Å². The second-order valence-corrected chi connectivity index (χ2v) is 7.10. The molecule has 0 radical (unpaired) electrons. The third-order valence-electron chi connectivity index (χ3n) is 5.52. The highest BCUT2D eigenvalue weighted by atomic mass is 16.5. The van der Waals surface area contributed by atoms with E-state index in [0.717, 1.165) is 49.4 Å². The molecule has 0 bridgehead atoms. The number of aliphatic carboxylic acids is 1. The molecule has 0 aromatic carbocycles. The molecule has 2 aliphatic rings. The average Bonchev–Trinajstić information content (AvgIpc) is 3.21. The fourth-order valence-electron chi connectivity index (χ4n) is 3.96. The summed E-state index contributed by atoms with van der Waals surface area (Å²) in [6.07, 6.45) is 3.67. The van der Waals surface area contributed by atoms with Gasteiger partial charge in [-0.25, -0.2) is 4.79 Å². The molecule has 0 spiro atoms. The molecule has 0 saturated carbocycles. The van der Waals surface area contributed by atoms with Gasteiger partial charge in [0.05, 0.1) is 11.8 Å². The van der Waals surface area contributed by atoms with Gasteiger partial charge in [-0.05, 0) is 51.9 Å². The normalized spacial score (nSPS) is 24.6. The van der Waals surface area contributed by atoms with E-state index in [0.29, 0.717) is 25.2 Å². The molecule has 7 heteroatoms. The number of nitrogens with zero attached hydrogens (tertiary/aromatic N) is 2. The Morgan fingerprint density at radius 3 is 2.48 bits per heavy atom. The minimum Gasteiger partial charge on any atom is -0.479 e. The highest BCUT2D eigenvalue weighted by Gasteiger charge is 2.37. The van der Waals surface area contributed by atoms with Crippen molar-refractivity contribution in [3.8, 4) is 0 Å². The minimum atomic E-state index is -0.866. The molecule has 1 amide bonds. The zero-order chi connectivity index (χ0) is 18.0. The van der Waals surface area contributed by atoms with Crippen LogP contribution in [0.5, 0.6) is 0 Å². The fourth-order valence-corrected chi connectivity index (χ4v) is 3.96.